The van der Waals surface area contributed by atoms with E-state index >= 15 is 0 Å². The van der Waals surface area contributed by atoms with Crippen LogP contribution in [0.2, 0.25) is 0 Å². The smallest absolute Gasteiger partial charge is 0.264 e. The molecule has 8 heteroatoms. The van der Waals surface area contributed by atoms with Crippen LogP contribution in [0.3, 0.4) is 0 Å². The molecule has 1 amide bonds. The van der Waals surface area contributed by atoms with Crippen molar-refractivity contribution < 1.29 is 4.79 Å². The Labute approximate surface area is 148 Å². The highest BCUT2D eigenvalue weighted by molar-refractivity contribution is 7.10. The van der Waals surface area contributed by atoms with Crippen LogP contribution in [0.15, 0.2) is 28.8 Å². The molecular formula is C17H19N5O2S. The average molecular weight is 357 g/mol. The van der Waals surface area contributed by atoms with E-state index in [9.17, 15) is 9.59 Å². The first-order chi connectivity index (χ1) is 12.0. The van der Waals surface area contributed by atoms with E-state index in [4.69, 9.17) is 0 Å². The standard InChI is InChI=1S/C17H19N5O2S/c1-11(2)22-16-13(7-19-22)17(24)21(10-18-16)9-15(23)20-5-3-14-12(8-20)4-6-25-14/h4,6-7,10-11H,3,5,8-9H2,1-2H3. The van der Waals surface area contributed by atoms with Gasteiger partial charge in [-0.15, -0.1) is 11.3 Å². The van der Waals surface area contributed by atoms with E-state index in [0.29, 0.717) is 24.1 Å². The van der Waals surface area contributed by atoms with E-state index in [1.165, 1.54) is 27.5 Å². The van der Waals surface area contributed by atoms with Crippen LogP contribution in [0.4, 0.5) is 0 Å². The maximum absolute atomic E-state index is 12.6. The Morgan fingerprint density at radius 2 is 2.24 bits per heavy atom. The lowest BCUT2D eigenvalue weighted by molar-refractivity contribution is -0.132. The SMILES string of the molecule is CC(C)n1ncc2c(=O)n(CC(=O)N3CCc4sccc4C3)cnc21. The second kappa shape index (κ2) is 6.11. The second-order valence-corrected chi connectivity index (χ2v) is 7.53. The Kier molecular flexibility index (Phi) is 3.91. The normalized spacial score (nSPS) is 14.3. The Hall–Kier alpha value is -2.48. The first-order valence-electron chi connectivity index (χ1n) is 8.30. The van der Waals surface area contributed by atoms with Gasteiger partial charge >= 0.3 is 0 Å². The molecule has 0 radical (unpaired) electrons. The van der Waals surface area contributed by atoms with Crippen LogP contribution in [-0.4, -0.2) is 36.7 Å². The van der Waals surface area contributed by atoms with Gasteiger partial charge in [0, 0.05) is 24.0 Å². The van der Waals surface area contributed by atoms with Crippen molar-refractivity contribution in [2.45, 2.75) is 39.4 Å². The zero-order valence-corrected chi connectivity index (χ0v) is 15.0. The third-order valence-corrected chi connectivity index (χ3v) is 5.56. The zero-order chi connectivity index (χ0) is 17.6. The van der Waals surface area contributed by atoms with Crippen molar-refractivity contribution in [1.82, 2.24) is 24.2 Å². The summed E-state index contributed by atoms with van der Waals surface area (Å²) in [4.78, 5) is 32.8. The lowest BCUT2D eigenvalue weighted by Gasteiger charge is -2.27. The Morgan fingerprint density at radius 3 is 3.04 bits per heavy atom. The van der Waals surface area contributed by atoms with E-state index in [0.717, 1.165) is 6.42 Å². The lowest BCUT2D eigenvalue weighted by Crippen LogP contribution is -2.39. The molecule has 3 aromatic rings. The minimum absolute atomic E-state index is 0.00804. The molecule has 1 aliphatic heterocycles. The Bertz CT molecular complexity index is 1000. The van der Waals surface area contributed by atoms with Gasteiger partial charge in [0.2, 0.25) is 5.91 Å². The molecule has 0 atom stereocenters. The number of nitrogens with zero attached hydrogens (tertiary/aromatic N) is 5. The van der Waals surface area contributed by atoms with Gasteiger partial charge in [0.15, 0.2) is 5.65 Å². The zero-order valence-electron chi connectivity index (χ0n) is 14.2. The number of carbonyl (C=O) groups is 1. The fourth-order valence-corrected chi connectivity index (χ4v) is 4.05. The highest BCUT2D eigenvalue weighted by Crippen LogP contribution is 2.24. The largest absolute Gasteiger partial charge is 0.336 e. The minimum atomic E-state index is -0.224. The van der Waals surface area contributed by atoms with Crippen molar-refractivity contribution in [1.29, 1.82) is 0 Å². The number of carbonyl (C=O) groups excluding carboxylic acids is 1. The van der Waals surface area contributed by atoms with Gasteiger partial charge in [0.05, 0.1) is 6.20 Å². The van der Waals surface area contributed by atoms with Gasteiger partial charge in [0.1, 0.15) is 18.3 Å². The van der Waals surface area contributed by atoms with Crippen LogP contribution >= 0.6 is 11.3 Å². The van der Waals surface area contributed by atoms with Crippen molar-refractivity contribution in [2.75, 3.05) is 6.54 Å². The first kappa shape index (κ1) is 16.0. The van der Waals surface area contributed by atoms with E-state index in [2.05, 4.69) is 21.5 Å². The average Bonchev–Trinajstić information content (AvgIpc) is 3.23. The number of rotatable bonds is 3. The first-order valence-corrected chi connectivity index (χ1v) is 9.18. The molecule has 130 valence electrons. The number of amides is 1. The van der Waals surface area contributed by atoms with Crippen molar-refractivity contribution in [2.24, 2.45) is 0 Å². The van der Waals surface area contributed by atoms with Gasteiger partial charge in [0.25, 0.3) is 5.56 Å². The van der Waals surface area contributed by atoms with Crippen LogP contribution in [0.25, 0.3) is 11.0 Å². The summed E-state index contributed by atoms with van der Waals surface area (Å²) >= 11 is 1.74. The van der Waals surface area contributed by atoms with Gasteiger partial charge in [-0.1, -0.05) is 0 Å². The monoisotopic (exact) mass is 357 g/mol. The number of fused-ring (bicyclic) bond motifs is 2. The van der Waals surface area contributed by atoms with Crippen LogP contribution in [0, 0.1) is 0 Å². The maximum Gasteiger partial charge on any atom is 0.264 e. The van der Waals surface area contributed by atoms with Crippen molar-refractivity contribution >= 4 is 28.3 Å². The molecule has 4 rings (SSSR count). The van der Waals surface area contributed by atoms with Gasteiger partial charge in [-0.3, -0.25) is 14.2 Å². The summed E-state index contributed by atoms with van der Waals surface area (Å²) in [5.41, 5.74) is 1.55. The van der Waals surface area contributed by atoms with Crippen LogP contribution in [-0.2, 0) is 24.3 Å². The van der Waals surface area contributed by atoms with Gasteiger partial charge < -0.3 is 4.90 Å². The fraction of sp³-hybridized carbons (Fsp3) is 0.412. The summed E-state index contributed by atoms with van der Waals surface area (Å²) < 4.78 is 3.09. The molecule has 0 saturated heterocycles. The summed E-state index contributed by atoms with van der Waals surface area (Å²) in [6.45, 7) is 5.29. The highest BCUT2D eigenvalue weighted by atomic mass is 32.1. The summed E-state index contributed by atoms with van der Waals surface area (Å²) in [5, 5.41) is 6.74. The summed E-state index contributed by atoms with van der Waals surface area (Å²) in [6.07, 6.45) is 3.86. The van der Waals surface area contributed by atoms with Crippen molar-refractivity contribution in [3.63, 3.8) is 0 Å². The number of thiophene rings is 1. The van der Waals surface area contributed by atoms with Crippen molar-refractivity contribution in [3.05, 3.63) is 44.8 Å². The number of hydrogen-bond acceptors (Lipinski definition) is 5. The quantitative estimate of drug-likeness (QED) is 0.717. The summed E-state index contributed by atoms with van der Waals surface area (Å²) in [5.74, 6) is -0.0589. The topological polar surface area (TPSA) is 73.0 Å². The Morgan fingerprint density at radius 1 is 1.40 bits per heavy atom. The summed E-state index contributed by atoms with van der Waals surface area (Å²) in [7, 11) is 0. The molecular weight excluding hydrogens is 338 g/mol. The molecule has 0 fully saturated rings. The molecule has 1 aliphatic rings. The molecule has 0 aliphatic carbocycles. The lowest BCUT2D eigenvalue weighted by atomic mass is 10.1. The predicted octanol–water partition coefficient (Wildman–Crippen LogP) is 1.82. The molecule has 0 aromatic carbocycles. The van der Waals surface area contributed by atoms with Crippen LogP contribution in [0.1, 0.15) is 30.3 Å². The molecule has 7 nitrogen and oxygen atoms in total. The van der Waals surface area contributed by atoms with E-state index in [1.807, 2.05) is 18.7 Å². The van der Waals surface area contributed by atoms with Gasteiger partial charge in [-0.2, -0.15) is 5.10 Å². The predicted molar refractivity (Wildman–Crippen MR) is 95.6 cm³/mol. The number of aromatic nitrogens is 4. The molecule has 4 heterocycles. The molecule has 3 aromatic heterocycles. The second-order valence-electron chi connectivity index (χ2n) is 6.53. The number of hydrogen-bond donors (Lipinski definition) is 0. The minimum Gasteiger partial charge on any atom is -0.336 e. The molecule has 0 unspecified atom stereocenters. The molecule has 0 bridgehead atoms. The highest BCUT2D eigenvalue weighted by Gasteiger charge is 2.22. The van der Waals surface area contributed by atoms with E-state index in [1.54, 1.807) is 16.0 Å². The van der Waals surface area contributed by atoms with Crippen molar-refractivity contribution in [3.8, 4) is 0 Å². The third kappa shape index (κ3) is 2.76. The molecule has 25 heavy (non-hydrogen) atoms. The fourth-order valence-electron chi connectivity index (χ4n) is 3.16. The Balaban J connectivity index is 1.58. The maximum atomic E-state index is 12.6. The third-order valence-electron chi connectivity index (χ3n) is 4.53. The van der Waals surface area contributed by atoms with E-state index in [-0.39, 0.29) is 24.1 Å². The van der Waals surface area contributed by atoms with Crippen LogP contribution < -0.4 is 5.56 Å². The van der Waals surface area contributed by atoms with E-state index < -0.39 is 0 Å². The van der Waals surface area contributed by atoms with Crippen LogP contribution in [0.5, 0.6) is 0 Å². The molecule has 0 saturated carbocycles. The summed E-state index contributed by atoms with van der Waals surface area (Å²) in [6, 6.07) is 2.19. The van der Waals surface area contributed by atoms with Gasteiger partial charge in [-0.05, 0) is 37.3 Å². The molecule has 0 N–H and O–H groups in total. The van der Waals surface area contributed by atoms with Gasteiger partial charge in [-0.25, -0.2) is 9.67 Å². The molecule has 0 spiro atoms.